The number of carbonyl (C=O) groups is 3. The molecule has 0 spiro atoms. The largest absolute Gasteiger partial charge is 0.481 e. The van der Waals surface area contributed by atoms with E-state index in [1.165, 1.54) is 0 Å². The van der Waals surface area contributed by atoms with Gasteiger partial charge in [-0.1, -0.05) is 48.5 Å². The van der Waals surface area contributed by atoms with Crippen LogP contribution in [0.25, 0.3) is 11.1 Å². The third-order valence-electron chi connectivity index (χ3n) is 6.63. The van der Waals surface area contributed by atoms with Gasteiger partial charge in [-0.25, -0.2) is 4.79 Å². The van der Waals surface area contributed by atoms with Crippen LogP contribution in [0.2, 0.25) is 0 Å². The number of hydrogen-bond donors (Lipinski definition) is 3. The second kappa shape index (κ2) is 22.0. The van der Waals surface area contributed by atoms with Crippen molar-refractivity contribution in [1.82, 2.24) is 10.6 Å². The van der Waals surface area contributed by atoms with Crippen LogP contribution < -0.4 is 10.6 Å². The number of hydrogen-bond acceptors (Lipinski definition) is 10. The van der Waals surface area contributed by atoms with Gasteiger partial charge in [0.2, 0.25) is 5.91 Å². The normalized spacial score (nSPS) is 12.0. The Morgan fingerprint density at radius 3 is 1.53 bits per heavy atom. The Hall–Kier alpha value is -3.59. The minimum atomic E-state index is -0.885. The van der Waals surface area contributed by atoms with Crippen molar-refractivity contribution in [1.29, 1.82) is 0 Å². The fourth-order valence-electron chi connectivity index (χ4n) is 4.49. The molecule has 248 valence electrons. The maximum atomic E-state index is 12.2. The van der Waals surface area contributed by atoms with E-state index in [1.54, 1.807) is 0 Å². The number of rotatable bonds is 25. The van der Waals surface area contributed by atoms with Crippen LogP contribution in [-0.2, 0) is 42.7 Å². The number of nitrogens with one attached hydrogen (secondary N) is 2. The van der Waals surface area contributed by atoms with Crippen molar-refractivity contribution in [3.63, 3.8) is 0 Å². The van der Waals surface area contributed by atoms with Gasteiger partial charge in [-0.15, -0.1) is 0 Å². The van der Waals surface area contributed by atoms with Crippen LogP contribution in [-0.4, -0.2) is 122 Å². The summed E-state index contributed by atoms with van der Waals surface area (Å²) in [4.78, 5) is 34.6. The number of carboxylic acid groups (broad SMARTS) is 1. The van der Waals surface area contributed by atoms with Gasteiger partial charge < -0.3 is 48.9 Å². The molecule has 0 atom stereocenters. The Kier molecular flexibility index (Phi) is 17.5. The molecule has 2 aromatic carbocycles. The van der Waals surface area contributed by atoms with Crippen molar-refractivity contribution >= 4 is 18.0 Å². The fourth-order valence-corrected chi connectivity index (χ4v) is 4.49. The van der Waals surface area contributed by atoms with E-state index in [1.807, 2.05) is 36.4 Å². The Morgan fingerprint density at radius 2 is 1.04 bits per heavy atom. The summed E-state index contributed by atoms with van der Waals surface area (Å²) >= 11 is 0. The van der Waals surface area contributed by atoms with E-state index in [-0.39, 0.29) is 38.0 Å². The summed E-state index contributed by atoms with van der Waals surface area (Å²) in [5.41, 5.74) is 4.55. The number of carboxylic acids is 1. The first-order valence-electron chi connectivity index (χ1n) is 15.1. The van der Waals surface area contributed by atoms with Crippen molar-refractivity contribution in [2.45, 2.75) is 12.3 Å². The highest BCUT2D eigenvalue weighted by Crippen LogP contribution is 2.44. The van der Waals surface area contributed by atoms with Gasteiger partial charge in [0.25, 0.3) is 0 Å². The Morgan fingerprint density at radius 1 is 0.600 bits per heavy atom. The van der Waals surface area contributed by atoms with Crippen LogP contribution in [0.1, 0.15) is 23.5 Å². The first kappa shape index (κ1) is 35.9. The van der Waals surface area contributed by atoms with Crippen LogP contribution in [0.3, 0.4) is 0 Å². The van der Waals surface area contributed by atoms with Gasteiger partial charge in [0.1, 0.15) is 6.61 Å². The predicted octanol–water partition coefficient (Wildman–Crippen LogP) is 2.22. The molecule has 2 aromatic rings. The van der Waals surface area contributed by atoms with Crippen molar-refractivity contribution in [3.05, 3.63) is 59.7 Å². The molecule has 3 rings (SSSR count). The number of ether oxygens (including phenoxy) is 7. The van der Waals surface area contributed by atoms with Gasteiger partial charge in [-0.05, 0) is 22.3 Å². The highest BCUT2D eigenvalue weighted by Gasteiger charge is 2.29. The third kappa shape index (κ3) is 14.4. The zero-order valence-electron chi connectivity index (χ0n) is 25.5. The molecule has 0 saturated heterocycles. The maximum absolute atomic E-state index is 12.2. The summed E-state index contributed by atoms with van der Waals surface area (Å²) in [5, 5.41) is 13.7. The Labute approximate surface area is 263 Å². The highest BCUT2D eigenvalue weighted by molar-refractivity contribution is 5.82. The first-order valence-corrected chi connectivity index (χ1v) is 15.1. The predicted molar refractivity (Wildman–Crippen MR) is 163 cm³/mol. The van der Waals surface area contributed by atoms with Gasteiger partial charge in [-0.3, -0.25) is 9.59 Å². The quantitative estimate of drug-likeness (QED) is 0.138. The molecule has 0 aliphatic heterocycles. The van der Waals surface area contributed by atoms with E-state index in [9.17, 15) is 14.4 Å². The van der Waals surface area contributed by atoms with Crippen molar-refractivity contribution in [3.8, 4) is 11.1 Å². The molecule has 2 amide bonds. The Balaban J connectivity index is 1.06. The molecule has 1 aliphatic rings. The molecule has 3 N–H and O–H groups in total. The zero-order valence-corrected chi connectivity index (χ0v) is 25.5. The fraction of sp³-hybridized carbons (Fsp3) is 0.531. The van der Waals surface area contributed by atoms with Crippen molar-refractivity contribution < 1.29 is 52.6 Å². The summed E-state index contributed by atoms with van der Waals surface area (Å²) in [6.07, 6.45) is -0.657. The summed E-state index contributed by atoms with van der Waals surface area (Å²) in [6.45, 7) is 4.90. The number of benzene rings is 2. The molecule has 0 saturated carbocycles. The molecule has 0 unspecified atom stereocenters. The van der Waals surface area contributed by atoms with E-state index in [0.29, 0.717) is 79.2 Å². The smallest absolute Gasteiger partial charge is 0.407 e. The monoisotopic (exact) mass is 632 g/mol. The molecular formula is C32H44N2O11. The van der Waals surface area contributed by atoms with Crippen LogP contribution >= 0.6 is 0 Å². The molecule has 0 radical (unpaired) electrons. The van der Waals surface area contributed by atoms with Crippen LogP contribution in [0.15, 0.2) is 48.5 Å². The standard InChI is InChI=1S/C32H44N2O11/c35-30(23-34-32(38)45-24-29-27-7-3-1-5-25(27)26-6-2-4-8-28(26)29)33-10-12-40-14-16-42-18-20-44-22-21-43-19-17-41-15-13-39-11-9-31(36)37/h1-8,29H,9-24H2,(H,33,35)(H,34,38)(H,36,37). The number of alkyl carbamates (subject to hydrolysis) is 1. The lowest BCUT2D eigenvalue weighted by atomic mass is 9.98. The first-order chi connectivity index (χ1) is 22.1. The SMILES string of the molecule is O=C(O)CCOCCOCCOCCOCCOCCOCCNC(=O)CNC(=O)OCC1c2ccccc2-c2ccccc21. The van der Waals surface area contributed by atoms with Gasteiger partial charge in [0.05, 0.1) is 92.2 Å². The van der Waals surface area contributed by atoms with Crippen LogP contribution in [0.4, 0.5) is 4.79 Å². The lowest BCUT2D eigenvalue weighted by molar-refractivity contribution is -0.138. The van der Waals surface area contributed by atoms with Crippen molar-refractivity contribution in [2.75, 3.05) is 99.0 Å². The Bertz CT molecular complexity index is 1120. The third-order valence-corrected chi connectivity index (χ3v) is 6.63. The van der Waals surface area contributed by atoms with Gasteiger partial charge in [-0.2, -0.15) is 0 Å². The lowest BCUT2D eigenvalue weighted by Crippen LogP contribution is -2.38. The van der Waals surface area contributed by atoms with E-state index >= 15 is 0 Å². The molecule has 0 aromatic heterocycles. The van der Waals surface area contributed by atoms with Gasteiger partial charge >= 0.3 is 12.1 Å². The number of aliphatic carboxylic acids is 1. The summed E-state index contributed by atoms with van der Waals surface area (Å²) in [6, 6.07) is 16.2. The minimum absolute atomic E-state index is 0.0150. The van der Waals surface area contributed by atoms with E-state index < -0.39 is 12.1 Å². The van der Waals surface area contributed by atoms with E-state index in [4.69, 9.17) is 38.3 Å². The van der Waals surface area contributed by atoms with Crippen LogP contribution in [0.5, 0.6) is 0 Å². The molecule has 0 fully saturated rings. The van der Waals surface area contributed by atoms with Crippen molar-refractivity contribution in [2.24, 2.45) is 0 Å². The lowest BCUT2D eigenvalue weighted by Gasteiger charge is -2.14. The molecule has 13 nitrogen and oxygen atoms in total. The van der Waals surface area contributed by atoms with E-state index in [0.717, 1.165) is 22.3 Å². The van der Waals surface area contributed by atoms with Gasteiger partial charge in [0.15, 0.2) is 0 Å². The number of carbonyl (C=O) groups excluding carboxylic acids is 2. The van der Waals surface area contributed by atoms with Gasteiger partial charge in [0, 0.05) is 12.5 Å². The molecule has 0 bridgehead atoms. The van der Waals surface area contributed by atoms with E-state index in [2.05, 4.69) is 22.8 Å². The second-order valence-corrected chi connectivity index (χ2v) is 9.85. The number of fused-ring (bicyclic) bond motifs is 3. The number of amides is 2. The molecule has 0 heterocycles. The molecule has 45 heavy (non-hydrogen) atoms. The summed E-state index contributed by atoms with van der Waals surface area (Å²) in [7, 11) is 0. The molecule has 1 aliphatic carbocycles. The summed E-state index contributed by atoms with van der Waals surface area (Å²) in [5.74, 6) is -1.26. The molecular weight excluding hydrogens is 588 g/mol. The topological polar surface area (TPSA) is 160 Å². The highest BCUT2D eigenvalue weighted by atomic mass is 16.6. The van der Waals surface area contributed by atoms with Crippen LogP contribution in [0, 0.1) is 0 Å². The minimum Gasteiger partial charge on any atom is -0.481 e. The molecule has 13 heteroatoms. The summed E-state index contributed by atoms with van der Waals surface area (Å²) < 4.78 is 37.5. The maximum Gasteiger partial charge on any atom is 0.407 e. The zero-order chi connectivity index (χ0) is 32.0. The average Bonchev–Trinajstić information content (AvgIpc) is 3.36. The second-order valence-electron chi connectivity index (χ2n) is 9.85. The average molecular weight is 633 g/mol.